The van der Waals surface area contributed by atoms with Crippen LogP contribution in [-0.2, 0) is 0 Å². The molecule has 0 bridgehead atoms. The maximum absolute atomic E-state index is 13.0. The molecule has 0 aliphatic rings. The van der Waals surface area contributed by atoms with Gasteiger partial charge in [-0.1, -0.05) is 6.07 Å². The van der Waals surface area contributed by atoms with Crippen molar-refractivity contribution in [2.75, 3.05) is 0 Å². The molecule has 4 heteroatoms. The van der Waals surface area contributed by atoms with Crippen LogP contribution in [0.25, 0.3) is 0 Å². The summed E-state index contributed by atoms with van der Waals surface area (Å²) in [7, 11) is 0. The van der Waals surface area contributed by atoms with Crippen molar-refractivity contribution in [2.45, 2.75) is 13.0 Å². The Morgan fingerprint density at radius 3 is 2.88 bits per heavy atom. The van der Waals surface area contributed by atoms with Gasteiger partial charge in [-0.2, -0.15) is 0 Å². The van der Waals surface area contributed by atoms with E-state index in [0.29, 0.717) is 5.56 Å². The SMILES string of the molecule is Cc1cccnc1C(N)c1cncc(F)c1. The van der Waals surface area contributed by atoms with Gasteiger partial charge in [0.15, 0.2) is 0 Å². The third-order valence-corrected chi connectivity index (χ3v) is 2.43. The van der Waals surface area contributed by atoms with Crippen molar-refractivity contribution in [1.29, 1.82) is 0 Å². The lowest BCUT2D eigenvalue weighted by atomic mass is 10.0. The Kier molecular flexibility index (Phi) is 2.92. The van der Waals surface area contributed by atoms with Gasteiger partial charge in [-0.25, -0.2) is 4.39 Å². The summed E-state index contributed by atoms with van der Waals surface area (Å²) in [6.07, 6.45) is 4.39. The molecule has 1 atom stereocenters. The second-order valence-corrected chi connectivity index (χ2v) is 3.62. The van der Waals surface area contributed by atoms with Crippen molar-refractivity contribution < 1.29 is 4.39 Å². The Hall–Kier alpha value is -1.81. The zero-order chi connectivity index (χ0) is 11.5. The van der Waals surface area contributed by atoms with Crippen LogP contribution >= 0.6 is 0 Å². The summed E-state index contributed by atoms with van der Waals surface area (Å²) >= 11 is 0. The maximum Gasteiger partial charge on any atom is 0.141 e. The highest BCUT2D eigenvalue weighted by Gasteiger charge is 2.13. The first-order chi connectivity index (χ1) is 7.68. The van der Waals surface area contributed by atoms with Crippen LogP contribution in [0.1, 0.15) is 22.9 Å². The second kappa shape index (κ2) is 4.37. The number of aryl methyl sites for hydroxylation is 1. The normalized spacial score (nSPS) is 12.4. The molecule has 0 fully saturated rings. The van der Waals surface area contributed by atoms with E-state index in [-0.39, 0.29) is 5.82 Å². The number of pyridine rings is 2. The molecule has 0 radical (unpaired) electrons. The van der Waals surface area contributed by atoms with Gasteiger partial charge in [-0.15, -0.1) is 0 Å². The number of aromatic nitrogens is 2. The summed E-state index contributed by atoms with van der Waals surface area (Å²) in [5, 5.41) is 0. The third kappa shape index (κ3) is 2.06. The molecule has 2 aromatic rings. The number of hydrogen-bond acceptors (Lipinski definition) is 3. The smallest absolute Gasteiger partial charge is 0.141 e. The van der Waals surface area contributed by atoms with E-state index in [4.69, 9.17) is 5.73 Å². The van der Waals surface area contributed by atoms with Crippen molar-refractivity contribution in [2.24, 2.45) is 5.73 Å². The van der Waals surface area contributed by atoms with Crippen LogP contribution in [0.15, 0.2) is 36.8 Å². The first-order valence-corrected chi connectivity index (χ1v) is 4.96. The highest BCUT2D eigenvalue weighted by Crippen LogP contribution is 2.19. The number of halogens is 1. The number of nitrogens with two attached hydrogens (primary N) is 1. The maximum atomic E-state index is 13.0. The Balaban J connectivity index is 2.39. The molecule has 3 nitrogen and oxygen atoms in total. The molecule has 16 heavy (non-hydrogen) atoms. The molecule has 2 rings (SSSR count). The van der Waals surface area contributed by atoms with E-state index in [1.165, 1.54) is 6.07 Å². The lowest BCUT2D eigenvalue weighted by Gasteiger charge is -2.13. The Morgan fingerprint density at radius 2 is 2.19 bits per heavy atom. The second-order valence-electron chi connectivity index (χ2n) is 3.62. The van der Waals surface area contributed by atoms with Crippen molar-refractivity contribution in [3.63, 3.8) is 0 Å². The molecular weight excluding hydrogens is 205 g/mol. The average Bonchev–Trinajstić information content (AvgIpc) is 2.29. The van der Waals surface area contributed by atoms with Crippen LogP contribution in [-0.4, -0.2) is 9.97 Å². The molecule has 0 saturated carbocycles. The fraction of sp³-hybridized carbons (Fsp3) is 0.167. The van der Waals surface area contributed by atoms with Crippen molar-refractivity contribution in [1.82, 2.24) is 9.97 Å². The van der Waals surface area contributed by atoms with Gasteiger partial charge in [-0.3, -0.25) is 9.97 Å². The summed E-state index contributed by atoms with van der Waals surface area (Å²) < 4.78 is 13.0. The van der Waals surface area contributed by atoms with Gasteiger partial charge in [0.05, 0.1) is 17.9 Å². The van der Waals surface area contributed by atoms with Crippen molar-refractivity contribution in [3.8, 4) is 0 Å². The topological polar surface area (TPSA) is 51.8 Å². The summed E-state index contributed by atoms with van der Waals surface area (Å²) in [6.45, 7) is 1.93. The van der Waals surface area contributed by atoms with Gasteiger partial charge in [0.1, 0.15) is 5.82 Å². The van der Waals surface area contributed by atoms with E-state index in [1.807, 2.05) is 19.1 Å². The molecule has 82 valence electrons. The van der Waals surface area contributed by atoms with Crippen LogP contribution in [0.4, 0.5) is 4.39 Å². The fourth-order valence-electron chi connectivity index (χ4n) is 1.58. The first kappa shape index (κ1) is 10.7. The minimum Gasteiger partial charge on any atom is -0.319 e. The summed E-state index contributed by atoms with van der Waals surface area (Å²) in [4.78, 5) is 7.99. The number of rotatable bonds is 2. The largest absolute Gasteiger partial charge is 0.319 e. The fourth-order valence-corrected chi connectivity index (χ4v) is 1.58. The Morgan fingerprint density at radius 1 is 1.38 bits per heavy atom. The predicted octanol–water partition coefficient (Wildman–Crippen LogP) is 1.97. The van der Waals surface area contributed by atoms with E-state index in [2.05, 4.69) is 9.97 Å². The van der Waals surface area contributed by atoms with E-state index in [9.17, 15) is 4.39 Å². The summed E-state index contributed by atoms with van der Waals surface area (Å²) in [5.41, 5.74) is 8.37. The van der Waals surface area contributed by atoms with E-state index >= 15 is 0 Å². The molecule has 0 aliphatic carbocycles. The van der Waals surface area contributed by atoms with Crippen LogP contribution in [0, 0.1) is 12.7 Å². The first-order valence-electron chi connectivity index (χ1n) is 4.96. The lowest BCUT2D eigenvalue weighted by molar-refractivity contribution is 0.615. The minimum absolute atomic E-state index is 0.387. The van der Waals surface area contributed by atoms with Gasteiger partial charge < -0.3 is 5.73 Å². The number of nitrogens with zero attached hydrogens (tertiary/aromatic N) is 2. The molecule has 2 N–H and O–H groups in total. The van der Waals surface area contributed by atoms with Crippen LogP contribution in [0.3, 0.4) is 0 Å². The van der Waals surface area contributed by atoms with Crippen LogP contribution < -0.4 is 5.73 Å². The number of hydrogen-bond donors (Lipinski definition) is 1. The van der Waals surface area contributed by atoms with Gasteiger partial charge in [0.2, 0.25) is 0 Å². The zero-order valence-electron chi connectivity index (χ0n) is 8.89. The van der Waals surface area contributed by atoms with E-state index in [1.54, 1.807) is 12.4 Å². The molecule has 2 aromatic heterocycles. The van der Waals surface area contributed by atoms with Gasteiger partial charge >= 0.3 is 0 Å². The molecule has 0 amide bonds. The lowest BCUT2D eigenvalue weighted by Crippen LogP contribution is -2.15. The third-order valence-electron chi connectivity index (χ3n) is 2.43. The molecule has 0 aliphatic heterocycles. The van der Waals surface area contributed by atoms with E-state index < -0.39 is 6.04 Å². The quantitative estimate of drug-likeness (QED) is 0.836. The minimum atomic E-state index is -0.440. The molecule has 1 unspecified atom stereocenters. The molecular formula is C12H12FN3. The Bertz CT molecular complexity index is 499. The summed E-state index contributed by atoms with van der Waals surface area (Å²) in [6, 6.07) is 4.71. The van der Waals surface area contributed by atoms with Crippen molar-refractivity contribution in [3.05, 3.63) is 59.4 Å². The average molecular weight is 217 g/mol. The van der Waals surface area contributed by atoms with Crippen molar-refractivity contribution >= 4 is 0 Å². The monoisotopic (exact) mass is 217 g/mol. The van der Waals surface area contributed by atoms with Crippen LogP contribution in [0.2, 0.25) is 0 Å². The van der Waals surface area contributed by atoms with E-state index in [0.717, 1.165) is 17.5 Å². The highest BCUT2D eigenvalue weighted by atomic mass is 19.1. The summed E-state index contributed by atoms with van der Waals surface area (Å²) in [5.74, 6) is -0.387. The standard InChI is InChI=1S/C12H12FN3/c1-8-3-2-4-16-12(8)11(14)9-5-10(13)7-15-6-9/h2-7,11H,14H2,1H3. The Labute approximate surface area is 93.2 Å². The predicted molar refractivity (Wildman–Crippen MR) is 59.2 cm³/mol. The van der Waals surface area contributed by atoms with Gasteiger partial charge in [0, 0.05) is 12.4 Å². The molecule has 0 aromatic carbocycles. The van der Waals surface area contributed by atoms with Gasteiger partial charge in [0.25, 0.3) is 0 Å². The molecule has 0 saturated heterocycles. The highest BCUT2D eigenvalue weighted by molar-refractivity contribution is 5.30. The van der Waals surface area contributed by atoms with Crippen LogP contribution in [0.5, 0.6) is 0 Å². The molecule has 0 spiro atoms. The zero-order valence-corrected chi connectivity index (χ0v) is 8.89. The van der Waals surface area contributed by atoms with Gasteiger partial charge in [-0.05, 0) is 30.2 Å². The molecule has 2 heterocycles.